The van der Waals surface area contributed by atoms with Crippen LogP contribution < -0.4 is 5.32 Å². The predicted molar refractivity (Wildman–Crippen MR) is 82.3 cm³/mol. The molecule has 21 heavy (non-hydrogen) atoms. The van der Waals surface area contributed by atoms with Crippen LogP contribution in [0.1, 0.15) is 39.5 Å². The van der Waals surface area contributed by atoms with E-state index in [0.29, 0.717) is 12.8 Å². The molecule has 6 heteroatoms. The molecule has 1 unspecified atom stereocenters. The molecule has 2 amide bonds. The molecule has 1 atom stereocenters. The number of likely N-dealkylation sites (tertiary alicyclic amines) is 1. The van der Waals surface area contributed by atoms with Crippen molar-refractivity contribution >= 4 is 12.0 Å². The molecule has 0 spiro atoms. The highest BCUT2D eigenvalue weighted by Crippen LogP contribution is 2.25. The normalized spacial score (nSPS) is 20.1. The molecule has 0 radical (unpaired) electrons. The van der Waals surface area contributed by atoms with Gasteiger partial charge in [0.2, 0.25) is 0 Å². The summed E-state index contributed by atoms with van der Waals surface area (Å²) in [6, 6.07) is 0.0223. The van der Waals surface area contributed by atoms with E-state index < -0.39 is 11.4 Å². The van der Waals surface area contributed by atoms with Gasteiger partial charge in [0.15, 0.2) is 0 Å². The summed E-state index contributed by atoms with van der Waals surface area (Å²) in [7, 11) is 3.85. The minimum atomic E-state index is -0.861. The monoisotopic (exact) mass is 299 g/mol. The number of aliphatic carboxylic acids is 1. The first-order valence-corrected chi connectivity index (χ1v) is 7.79. The molecule has 1 aliphatic rings. The second-order valence-corrected chi connectivity index (χ2v) is 6.12. The number of urea groups is 1. The van der Waals surface area contributed by atoms with E-state index in [-0.39, 0.29) is 18.6 Å². The van der Waals surface area contributed by atoms with Gasteiger partial charge in [-0.3, -0.25) is 4.79 Å². The van der Waals surface area contributed by atoms with Crippen LogP contribution in [0.4, 0.5) is 4.79 Å². The Morgan fingerprint density at radius 1 is 1.38 bits per heavy atom. The average Bonchev–Trinajstić information content (AvgIpc) is 2.47. The highest BCUT2D eigenvalue weighted by Gasteiger charge is 2.36. The number of carbonyl (C=O) groups is 2. The van der Waals surface area contributed by atoms with Crippen LogP contribution >= 0.6 is 0 Å². The number of rotatable bonds is 6. The van der Waals surface area contributed by atoms with Crippen molar-refractivity contribution in [2.75, 3.05) is 33.7 Å². The molecule has 1 heterocycles. The number of nitrogens with one attached hydrogen (secondary N) is 1. The molecule has 0 saturated carbocycles. The van der Waals surface area contributed by atoms with Crippen LogP contribution in [-0.2, 0) is 4.79 Å². The second-order valence-electron chi connectivity index (χ2n) is 6.12. The Kier molecular flexibility index (Phi) is 6.45. The fourth-order valence-electron chi connectivity index (χ4n) is 2.87. The summed E-state index contributed by atoms with van der Waals surface area (Å²) in [6.45, 7) is 5.82. The summed E-state index contributed by atoms with van der Waals surface area (Å²) < 4.78 is 0. The molecule has 0 aromatic carbocycles. The Morgan fingerprint density at radius 3 is 2.48 bits per heavy atom. The van der Waals surface area contributed by atoms with Crippen molar-refractivity contribution in [1.82, 2.24) is 15.1 Å². The van der Waals surface area contributed by atoms with E-state index in [1.165, 1.54) is 0 Å². The van der Waals surface area contributed by atoms with Gasteiger partial charge in [0.25, 0.3) is 0 Å². The number of hydrogen-bond acceptors (Lipinski definition) is 3. The third-order valence-corrected chi connectivity index (χ3v) is 4.85. The number of carboxylic acids is 1. The Labute approximate surface area is 127 Å². The first kappa shape index (κ1) is 17.8. The number of amides is 2. The zero-order valence-electron chi connectivity index (χ0n) is 13.7. The Morgan fingerprint density at radius 2 is 2.00 bits per heavy atom. The van der Waals surface area contributed by atoms with Crippen LogP contribution in [0.25, 0.3) is 0 Å². The molecule has 122 valence electrons. The molecular weight excluding hydrogens is 270 g/mol. The first-order valence-electron chi connectivity index (χ1n) is 7.79. The number of likely N-dealkylation sites (N-methyl/N-ethyl adjacent to an activating group) is 2. The molecule has 0 aromatic rings. The zero-order chi connectivity index (χ0) is 16.0. The lowest BCUT2D eigenvalue weighted by Crippen LogP contribution is -2.52. The molecule has 1 rings (SSSR count). The summed E-state index contributed by atoms with van der Waals surface area (Å²) in [6.07, 6.45) is 3.10. The van der Waals surface area contributed by atoms with Crippen LogP contribution in [-0.4, -0.2) is 66.7 Å². The van der Waals surface area contributed by atoms with Crippen molar-refractivity contribution in [2.45, 2.75) is 45.6 Å². The highest BCUT2D eigenvalue weighted by molar-refractivity contribution is 5.78. The van der Waals surface area contributed by atoms with Crippen molar-refractivity contribution in [2.24, 2.45) is 5.41 Å². The van der Waals surface area contributed by atoms with E-state index in [2.05, 4.69) is 17.3 Å². The van der Waals surface area contributed by atoms with Gasteiger partial charge >= 0.3 is 12.0 Å². The third kappa shape index (κ3) is 4.33. The maximum atomic E-state index is 12.3. The lowest BCUT2D eigenvalue weighted by atomic mass is 9.82. The summed E-state index contributed by atoms with van der Waals surface area (Å²) >= 11 is 0. The average molecular weight is 299 g/mol. The van der Waals surface area contributed by atoms with E-state index in [0.717, 1.165) is 25.9 Å². The molecular formula is C15H29N3O3. The number of piperidine rings is 1. The van der Waals surface area contributed by atoms with Crippen molar-refractivity contribution in [3.05, 3.63) is 0 Å². The van der Waals surface area contributed by atoms with E-state index in [4.69, 9.17) is 0 Å². The Hall–Kier alpha value is -1.30. The lowest BCUT2D eigenvalue weighted by Gasteiger charge is -2.36. The smallest absolute Gasteiger partial charge is 0.317 e. The van der Waals surface area contributed by atoms with Gasteiger partial charge in [-0.05, 0) is 39.3 Å². The third-order valence-electron chi connectivity index (χ3n) is 4.85. The molecule has 1 fully saturated rings. The SMILES string of the molecule is CCC(CC)(CNC(=O)N(C)C1CCCN(C)C1)C(=O)O. The van der Waals surface area contributed by atoms with Gasteiger partial charge in [0.05, 0.1) is 5.41 Å². The van der Waals surface area contributed by atoms with Gasteiger partial charge in [-0.2, -0.15) is 0 Å². The van der Waals surface area contributed by atoms with E-state index >= 15 is 0 Å². The maximum absolute atomic E-state index is 12.3. The van der Waals surface area contributed by atoms with Gasteiger partial charge in [-0.15, -0.1) is 0 Å². The van der Waals surface area contributed by atoms with Crippen molar-refractivity contribution < 1.29 is 14.7 Å². The van der Waals surface area contributed by atoms with E-state index in [9.17, 15) is 14.7 Å². The van der Waals surface area contributed by atoms with Crippen LogP contribution in [0.3, 0.4) is 0 Å². The predicted octanol–water partition coefficient (Wildman–Crippen LogP) is 1.61. The minimum Gasteiger partial charge on any atom is -0.481 e. The van der Waals surface area contributed by atoms with E-state index in [1.54, 1.807) is 11.9 Å². The molecule has 6 nitrogen and oxygen atoms in total. The standard InChI is InChI=1S/C15H29N3O3/c1-5-15(6-2,13(19)20)11-16-14(21)18(4)12-8-7-9-17(3)10-12/h12H,5-11H2,1-4H3,(H,16,21)(H,19,20). The number of carbonyl (C=O) groups excluding carboxylic acids is 1. The zero-order valence-corrected chi connectivity index (χ0v) is 13.7. The van der Waals surface area contributed by atoms with Gasteiger partial charge in [0, 0.05) is 26.2 Å². The van der Waals surface area contributed by atoms with Crippen LogP contribution in [0.2, 0.25) is 0 Å². The van der Waals surface area contributed by atoms with Crippen LogP contribution in [0.15, 0.2) is 0 Å². The Bertz CT molecular complexity index is 369. The summed E-state index contributed by atoms with van der Waals surface area (Å²) in [5.41, 5.74) is -0.861. The van der Waals surface area contributed by atoms with Crippen LogP contribution in [0, 0.1) is 5.41 Å². The Balaban J connectivity index is 2.57. The molecule has 2 N–H and O–H groups in total. The topological polar surface area (TPSA) is 72.9 Å². The van der Waals surface area contributed by atoms with Gasteiger partial charge < -0.3 is 20.2 Å². The van der Waals surface area contributed by atoms with Gasteiger partial charge in [0.1, 0.15) is 0 Å². The lowest BCUT2D eigenvalue weighted by molar-refractivity contribution is -0.149. The maximum Gasteiger partial charge on any atom is 0.317 e. The number of nitrogens with zero attached hydrogens (tertiary/aromatic N) is 2. The van der Waals surface area contributed by atoms with Crippen molar-refractivity contribution in [3.63, 3.8) is 0 Å². The molecule has 0 aromatic heterocycles. The van der Waals surface area contributed by atoms with E-state index in [1.807, 2.05) is 13.8 Å². The molecule has 0 bridgehead atoms. The van der Waals surface area contributed by atoms with Crippen molar-refractivity contribution in [3.8, 4) is 0 Å². The van der Waals surface area contributed by atoms with Crippen LogP contribution in [0.5, 0.6) is 0 Å². The van der Waals surface area contributed by atoms with Gasteiger partial charge in [-0.1, -0.05) is 13.8 Å². The van der Waals surface area contributed by atoms with Crippen molar-refractivity contribution in [1.29, 1.82) is 0 Å². The fourth-order valence-corrected chi connectivity index (χ4v) is 2.87. The fraction of sp³-hybridized carbons (Fsp3) is 0.867. The highest BCUT2D eigenvalue weighted by atomic mass is 16.4. The number of carboxylic acid groups (broad SMARTS) is 1. The quantitative estimate of drug-likeness (QED) is 0.781. The molecule has 0 aliphatic carbocycles. The van der Waals surface area contributed by atoms with Gasteiger partial charge in [-0.25, -0.2) is 4.79 Å². The second kappa shape index (κ2) is 7.64. The minimum absolute atomic E-state index is 0.178. The summed E-state index contributed by atoms with van der Waals surface area (Å²) in [5, 5.41) is 12.2. The number of hydrogen-bond donors (Lipinski definition) is 2. The first-order chi connectivity index (χ1) is 9.86. The largest absolute Gasteiger partial charge is 0.481 e. The molecule has 1 saturated heterocycles. The summed E-state index contributed by atoms with van der Waals surface area (Å²) in [5.74, 6) is -0.840. The summed E-state index contributed by atoms with van der Waals surface area (Å²) in [4.78, 5) is 27.6. The molecule has 1 aliphatic heterocycles.